The minimum absolute atomic E-state index is 0.0964. The topological polar surface area (TPSA) is 78.9 Å². The number of hydrogen-bond acceptors (Lipinski definition) is 6. The third kappa shape index (κ3) is 62.8. The van der Waals surface area contributed by atoms with Crippen LogP contribution in [0.2, 0.25) is 0 Å². The lowest BCUT2D eigenvalue weighted by molar-refractivity contribution is -0.167. The summed E-state index contributed by atoms with van der Waals surface area (Å²) in [6, 6.07) is 0. The molecule has 0 N–H and O–H groups in total. The van der Waals surface area contributed by atoms with E-state index in [4.69, 9.17) is 14.2 Å². The average Bonchev–Trinajstić information content (AvgIpc) is 3.43. The minimum atomic E-state index is -0.805. The van der Waals surface area contributed by atoms with E-state index in [1.165, 1.54) is 128 Å². The Kier molecular flexibility index (Phi) is 61.3. The maximum absolute atomic E-state index is 12.9. The van der Waals surface area contributed by atoms with Crippen molar-refractivity contribution in [2.75, 3.05) is 13.2 Å². The van der Waals surface area contributed by atoms with Gasteiger partial charge in [-0.25, -0.2) is 0 Å². The molecule has 0 aromatic carbocycles. The zero-order valence-corrected chi connectivity index (χ0v) is 50.4. The lowest BCUT2D eigenvalue weighted by atomic mass is 10.0. The molecule has 0 aromatic rings. The Balaban J connectivity index is 4.38. The Bertz CT molecular complexity index is 1560. The fourth-order valence-electron chi connectivity index (χ4n) is 8.95. The molecule has 0 rings (SSSR count). The first-order chi connectivity index (χ1) is 38.0. The van der Waals surface area contributed by atoms with Crippen LogP contribution in [0.25, 0.3) is 0 Å². The van der Waals surface area contributed by atoms with Crippen LogP contribution in [-0.2, 0) is 28.6 Å². The van der Waals surface area contributed by atoms with E-state index in [0.717, 1.165) is 135 Å². The van der Waals surface area contributed by atoms with E-state index in [1.54, 1.807) is 0 Å². The Morgan fingerprint density at radius 2 is 0.506 bits per heavy atom. The standard InChI is InChI=1S/C71H120O6/c1-4-7-10-13-16-19-22-25-28-31-32-33-34-35-36-37-38-41-43-46-49-52-55-58-61-64-70(73)76-67-68(77-71(74)65-62-59-56-53-50-47-44-40-30-27-24-21-18-15-12-9-6-3)66-75-69(72)63-60-57-54-51-48-45-42-39-29-26-23-20-17-14-11-8-5-2/h8-9,11-12,17-18,20-21,26-27,29-32,42,44-45,47,68H,4-7,10,13-16,19,22-25,28,33-41,43,46,48-67H2,1-3H3/b11-8-,12-9-,20-17-,21-18-,29-26-,30-27-,32-31-,45-42-,47-44-. The Labute approximate surface area is 476 Å². The zero-order valence-electron chi connectivity index (χ0n) is 50.4. The monoisotopic (exact) mass is 1070 g/mol. The summed E-state index contributed by atoms with van der Waals surface area (Å²) in [6.45, 7) is 6.40. The van der Waals surface area contributed by atoms with Gasteiger partial charge in [0.1, 0.15) is 13.2 Å². The van der Waals surface area contributed by atoms with E-state index < -0.39 is 6.10 Å². The number of hydrogen-bond donors (Lipinski definition) is 0. The van der Waals surface area contributed by atoms with Crippen LogP contribution < -0.4 is 0 Å². The molecule has 0 amide bonds. The Morgan fingerprint density at radius 1 is 0.273 bits per heavy atom. The molecule has 0 spiro atoms. The van der Waals surface area contributed by atoms with E-state index in [0.29, 0.717) is 19.3 Å². The average molecular weight is 1070 g/mol. The van der Waals surface area contributed by atoms with Crippen molar-refractivity contribution < 1.29 is 28.6 Å². The van der Waals surface area contributed by atoms with Gasteiger partial charge >= 0.3 is 17.9 Å². The zero-order chi connectivity index (χ0) is 55.7. The molecule has 6 heteroatoms. The highest BCUT2D eigenvalue weighted by Gasteiger charge is 2.19. The van der Waals surface area contributed by atoms with Crippen LogP contribution in [0.15, 0.2) is 109 Å². The molecule has 0 aliphatic carbocycles. The molecule has 1 atom stereocenters. The van der Waals surface area contributed by atoms with Gasteiger partial charge in [-0.1, -0.05) is 271 Å². The summed E-state index contributed by atoms with van der Waals surface area (Å²) in [6.07, 6.45) is 88.1. The van der Waals surface area contributed by atoms with Gasteiger partial charge in [0.2, 0.25) is 0 Å². The Morgan fingerprint density at radius 3 is 0.805 bits per heavy atom. The summed E-state index contributed by atoms with van der Waals surface area (Å²) < 4.78 is 16.9. The number of ether oxygens (including phenoxy) is 3. The predicted octanol–water partition coefficient (Wildman–Crippen LogP) is 22.2. The maximum atomic E-state index is 12.9. The van der Waals surface area contributed by atoms with E-state index >= 15 is 0 Å². The number of carbonyl (C=O) groups excluding carboxylic acids is 3. The van der Waals surface area contributed by atoms with Gasteiger partial charge in [-0.2, -0.15) is 0 Å². The molecule has 1 unspecified atom stereocenters. The third-order valence-electron chi connectivity index (χ3n) is 13.7. The van der Waals surface area contributed by atoms with Gasteiger partial charge in [-0.15, -0.1) is 0 Å². The summed E-state index contributed by atoms with van der Waals surface area (Å²) in [4.78, 5) is 38.3. The van der Waals surface area contributed by atoms with Crippen LogP contribution in [0.3, 0.4) is 0 Å². The molecule has 0 saturated carbocycles. The summed E-state index contributed by atoms with van der Waals surface area (Å²) in [7, 11) is 0. The number of rotatable bonds is 58. The number of carbonyl (C=O) groups is 3. The second kappa shape index (κ2) is 64.6. The molecular formula is C71H120O6. The van der Waals surface area contributed by atoms with E-state index in [2.05, 4.69) is 130 Å². The molecule has 0 fully saturated rings. The third-order valence-corrected chi connectivity index (χ3v) is 13.7. The van der Waals surface area contributed by atoms with Gasteiger partial charge in [0.25, 0.3) is 0 Å². The number of esters is 3. The quantitative estimate of drug-likeness (QED) is 0.0261. The Hall–Kier alpha value is -3.93. The van der Waals surface area contributed by atoms with Gasteiger partial charge < -0.3 is 14.2 Å². The first kappa shape index (κ1) is 73.1. The highest BCUT2D eigenvalue weighted by molar-refractivity contribution is 5.71. The van der Waals surface area contributed by atoms with Gasteiger partial charge in [0.05, 0.1) is 0 Å². The van der Waals surface area contributed by atoms with E-state index in [-0.39, 0.29) is 31.1 Å². The van der Waals surface area contributed by atoms with Crippen molar-refractivity contribution in [2.24, 2.45) is 0 Å². The van der Waals surface area contributed by atoms with Crippen LogP contribution in [0, 0.1) is 0 Å². The molecule has 0 aliphatic rings. The molecule has 440 valence electrons. The highest BCUT2D eigenvalue weighted by Crippen LogP contribution is 2.16. The molecule has 0 heterocycles. The molecule has 0 bridgehead atoms. The second-order valence-corrected chi connectivity index (χ2v) is 21.3. The van der Waals surface area contributed by atoms with Gasteiger partial charge in [-0.05, 0) is 122 Å². The van der Waals surface area contributed by atoms with Crippen LogP contribution >= 0.6 is 0 Å². The van der Waals surface area contributed by atoms with Crippen LogP contribution in [0.4, 0.5) is 0 Å². The SMILES string of the molecule is CC/C=C\C/C=C\C/C=C\C/C=C\CCCCCCC(=O)OCC(COC(=O)CCCCCCCCCCCCCCC/C=C\CCCCCCCCCC)OC(=O)CCCCCC/C=C\C/C=C\C/C=C\C/C=C\CC. The minimum Gasteiger partial charge on any atom is -0.462 e. The number of allylic oxidation sites excluding steroid dienone is 18. The highest BCUT2D eigenvalue weighted by atomic mass is 16.6. The lowest BCUT2D eigenvalue weighted by Crippen LogP contribution is -2.30. The normalized spacial score (nSPS) is 12.8. The van der Waals surface area contributed by atoms with E-state index in [1.807, 2.05) is 0 Å². The lowest BCUT2D eigenvalue weighted by Gasteiger charge is -2.18. The van der Waals surface area contributed by atoms with Gasteiger partial charge in [0.15, 0.2) is 6.10 Å². The molecule has 0 saturated heterocycles. The first-order valence-electron chi connectivity index (χ1n) is 32.4. The predicted molar refractivity (Wildman–Crippen MR) is 334 cm³/mol. The molecule has 6 nitrogen and oxygen atoms in total. The summed E-state index contributed by atoms with van der Waals surface area (Å²) >= 11 is 0. The largest absolute Gasteiger partial charge is 0.462 e. The first-order valence-corrected chi connectivity index (χ1v) is 32.4. The molecule has 77 heavy (non-hydrogen) atoms. The fraction of sp³-hybridized carbons (Fsp3) is 0.704. The van der Waals surface area contributed by atoms with Crippen LogP contribution in [0.1, 0.15) is 303 Å². The van der Waals surface area contributed by atoms with Crippen molar-refractivity contribution in [3.05, 3.63) is 109 Å². The van der Waals surface area contributed by atoms with Crippen molar-refractivity contribution in [1.29, 1.82) is 0 Å². The molecule has 0 aromatic heterocycles. The maximum Gasteiger partial charge on any atom is 0.306 e. The smallest absolute Gasteiger partial charge is 0.306 e. The van der Waals surface area contributed by atoms with Gasteiger partial charge in [-0.3, -0.25) is 14.4 Å². The van der Waals surface area contributed by atoms with Crippen molar-refractivity contribution >= 4 is 17.9 Å². The fourth-order valence-corrected chi connectivity index (χ4v) is 8.95. The van der Waals surface area contributed by atoms with Crippen LogP contribution in [-0.4, -0.2) is 37.2 Å². The van der Waals surface area contributed by atoms with Crippen molar-refractivity contribution in [2.45, 2.75) is 309 Å². The summed E-state index contributed by atoms with van der Waals surface area (Å²) in [5.41, 5.74) is 0. The molecule has 0 radical (unpaired) electrons. The molecular weight excluding hydrogens is 949 g/mol. The van der Waals surface area contributed by atoms with Crippen molar-refractivity contribution in [3.63, 3.8) is 0 Å². The van der Waals surface area contributed by atoms with Crippen LogP contribution in [0.5, 0.6) is 0 Å². The summed E-state index contributed by atoms with van der Waals surface area (Å²) in [5.74, 6) is -0.938. The van der Waals surface area contributed by atoms with Crippen molar-refractivity contribution in [3.8, 4) is 0 Å². The summed E-state index contributed by atoms with van der Waals surface area (Å²) in [5, 5.41) is 0. The number of unbranched alkanes of at least 4 members (excludes halogenated alkanes) is 29. The van der Waals surface area contributed by atoms with Gasteiger partial charge in [0, 0.05) is 19.3 Å². The second-order valence-electron chi connectivity index (χ2n) is 21.3. The molecule has 0 aliphatic heterocycles. The van der Waals surface area contributed by atoms with Crippen molar-refractivity contribution in [1.82, 2.24) is 0 Å². The van der Waals surface area contributed by atoms with E-state index in [9.17, 15) is 14.4 Å².